The molecule has 1 aromatic carbocycles. The summed E-state index contributed by atoms with van der Waals surface area (Å²) in [5, 5.41) is 2.60. The predicted octanol–water partition coefficient (Wildman–Crippen LogP) is 1.79. The van der Waals surface area contributed by atoms with Gasteiger partial charge in [-0.3, -0.25) is 4.79 Å². The van der Waals surface area contributed by atoms with Crippen molar-refractivity contribution in [2.45, 2.75) is 13.3 Å². The first kappa shape index (κ1) is 15.4. The highest BCUT2D eigenvalue weighted by molar-refractivity contribution is 5.93. The van der Waals surface area contributed by atoms with E-state index in [9.17, 15) is 9.18 Å². The summed E-state index contributed by atoms with van der Waals surface area (Å²) in [6, 6.07) is 3.83. The molecule has 0 spiro atoms. The van der Waals surface area contributed by atoms with Crippen molar-refractivity contribution in [3.63, 3.8) is 0 Å². The summed E-state index contributed by atoms with van der Waals surface area (Å²) in [7, 11) is 0. The summed E-state index contributed by atoms with van der Waals surface area (Å²) in [6.45, 7) is 3.83. The summed E-state index contributed by atoms with van der Waals surface area (Å²) >= 11 is 0. The predicted molar refractivity (Wildman–Crippen MR) is 71.4 cm³/mol. The lowest BCUT2D eigenvalue weighted by Gasteiger charge is -2.08. The summed E-state index contributed by atoms with van der Waals surface area (Å²) in [5.41, 5.74) is 6.18. The Morgan fingerprint density at radius 1 is 1.32 bits per heavy atom. The molecule has 1 rings (SSSR count). The highest BCUT2D eigenvalue weighted by Crippen LogP contribution is 2.19. The van der Waals surface area contributed by atoms with Crippen LogP contribution in [-0.4, -0.2) is 32.3 Å². The largest absolute Gasteiger partial charge is 0.397 e. The van der Waals surface area contributed by atoms with Gasteiger partial charge < -0.3 is 20.5 Å². The van der Waals surface area contributed by atoms with Crippen LogP contribution in [0.1, 0.15) is 13.3 Å². The van der Waals surface area contributed by atoms with E-state index in [2.05, 4.69) is 5.32 Å². The minimum Gasteiger partial charge on any atom is -0.397 e. The maximum absolute atomic E-state index is 12.8. The van der Waals surface area contributed by atoms with Crippen LogP contribution in [0.2, 0.25) is 0 Å². The molecule has 0 fully saturated rings. The zero-order chi connectivity index (χ0) is 14.1. The van der Waals surface area contributed by atoms with Crippen LogP contribution in [0.15, 0.2) is 18.2 Å². The van der Waals surface area contributed by atoms with Gasteiger partial charge in [-0.25, -0.2) is 4.39 Å². The lowest BCUT2D eigenvalue weighted by atomic mass is 10.2. The van der Waals surface area contributed by atoms with E-state index >= 15 is 0 Å². The fraction of sp³-hybridized carbons (Fsp3) is 0.462. The Morgan fingerprint density at radius 3 is 2.74 bits per heavy atom. The second kappa shape index (κ2) is 8.44. The van der Waals surface area contributed by atoms with E-state index in [1.165, 1.54) is 12.1 Å². The van der Waals surface area contributed by atoms with Gasteiger partial charge in [-0.15, -0.1) is 0 Å². The smallest absolute Gasteiger partial charge is 0.226 e. The molecule has 5 nitrogen and oxygen atoms in total. The number of nitrogen functional groups attached to an aromatic ring is 1. The normalized spacial score (nSPS) is 10.4. The van der Waals surface area contributed by atoms with Gasteiger partial charge in [0.25, 0.3) is 0 Å². The number of halogens is 1. The van der Waals surface area contributed by atoms with Gasteiger partial charge in [-0.2, -0.15) is 0 Å². The molecule has 0 radical (unpaired) electrons. The second-order valence-corrected chi connectivity index (χ2v) is 3.84. The number of hydrogen-bond donors (Lipinski definition) is 2. The first-order valence-corrected chi connectivity index (χ1v) is 6.14. The second-order valence-electron chi connectivity index (χ2n) is 3.84. The highest BCUT2D eigenvalue weighted by Gasteiger charge is 2.06. The van der Waals surface area contributed by atoms with Crippen molar-refractivity contribution in [1.29, 1.82) is 0 Å². The van der Waals surface area contributed by atoms with E-state index in [0.29, 0.717) is 32.1 Å². The first-order valence-electron chi connectivity index (χ1n) is 6.14. The molecule has 0 unspecified atom stereocenters. The van der Waals surface area contributed by atoms with Gasteiger partial charge in [0.05, 0.1) is 37.6 Å². The van der Waals surface area contributed by atoms with Crippen LogP contribution < -0.4 is 11.1 Å². The maximum atomic E-state index is 12.8. The molecule has 0 aromatic heterocycles. The standard InChI is InChI=1S/C13H19FN2O3/c1-2-18-7-8-19-6-5-13(17)16-12-4-3-10(14)9-11(12)15/h3-4,9H,2,5-8,15H2,1H3,(H,16,17). The Kier molecular flexibility index (Phi) is 6.84. The Bertz CT molecular complexity index is 413. The SMILES string of the molecule is CCOCCOCCC(=O)Nc1ccc(F)cc1N. The van der Waals surface area contributed by atoms with Gasteiger partial charge in [0.15, 0.2) is 0 Å². The van der Waals surface area contributed by atoms with Crippen LogP contribution in [0.5, 0.6) is 0 Å². The molecule has 1 aromatic rings. The Morgan fingerprint density at radius 2 is 2.05 bits per heavy atom. The number of hydrogen-bond acceptors (Lipinski definition) is 4. The molecule has 106 valence electrons. The van der Waals surface area contributed by atoms with Gasteiger partial charge >= 0.3 is 0 Å². The number of benzene rings is 1. The topological polar surface area (TPSA) is 73.6 Å². The number of carbonyl (C=O) groups excluding carboxylic acids is 1. The molecule has 1 amide bonds. The molecule has 0 aliphatic rings. The van der Waals surface area contributed by atoms with Gasteiger partial charge in [-0.1, -0.05) is 0 Å². The van der Waals surface area contributed by atoms with Crippen molar-refractivity contribution >= 4 is 17.3 Å². The highest BCUT2D eigenvalue weighted by atomic mass is 19.1. The van der Waals surface area contributed by atoms with Crippen LogP contribution >= 0.6 is 0 Å². The molecule has 19 heavy (non-hydrogen) atoms. The van der Waals surface area contributed by atoms with E-state index in [0.717, 1.165) is 6.07 Å². The fourth-order valence-corrected chi connectivity index (χ4v) is 1.39. The quantitative estimate of drug-likeness (QED) is 0.558. The molecule has 0 heterocycles. The lowest BCUT2D eigenvalue weighted by Crippen LogP contribution is -2.16. The number of anilines is 2. The third-order valence-corrected chi connectivity index (χ3v) is 2.34. The third-order valence-electron chi connectivity index (χ3n) is 2.34. The Balaban J connectivity index is 2.23. The van der Waals surface area contributed by atoms with Crippen LogP contribution in [0.4, 0.5) is 15.8 Å². The lowest BCUT2D eigenvalue weighted by molar-refractivity contribution is -0.117. The molecule has 0 bridgehead atoms. The van der Waals surface area contributed by atoms with Crippen molar-refractivity contribution in [2.75, 3.05) is 37.5 Å². The average Bonchev–Trinajstić information content (AvgIpc) is 2.37. The van der Waals surface area contributed by atoms with Crippen LogP contribution in [0, 0.1) is 5.82 Å². The van der Waals surface area contributed by atoms with Crippen molar-refractivity contribution in [3.8, 4) is 0 Å². The van der Waals surface area contributed by atoms with Gasteiger partial charge in [0.1, 0.15) is 5.82 Å². The van der Waals surface area contributed by atoms with Crippen molar-refractivity contribution in [2.24, 2.45) is 0 Å². The van der Waals surface area contributed by atoms with E-state index in [-0.39, 0.29) is 18.0 Å². The van der Waals surface area contributed by atoms with Gasteiger partial charge in [0, 0.05) is 6.61 Å². The summed E-state index contributed by atoms with van der Waals surface area (Å²) in [5.74, 6) is -0.663. The number of nitrogens with one attached hydrogen (secondary N) is 1. The van der Waals surface area contributed by atoms with E-state index < -0.39 is 5.82 Å². The average molecular weight is 270 g/mol. The number of nitrogens with two attached hydrogens (primary N) is 1. The maximum Gasteiger partial charge on any atom is 0.226 e. The molecular formula is C13H19FN2O3. The molecule has 0 aliphatic carbocycles. The van der Waals surface area contributed by atoms with Gasteiger partial charge in [0.2, 0.25) is 5.91 Å². The molecular weight excluding hydrogens is 251 g/mol. The molecule has 0 saturated carbocycles. The van der Waals surface area contributed by atoms with E-state index in [1.807, 2.05) is 6.92 Å². The summed E-state index contributed by atoms with van der Waals surface area (Å²) < 4.78 is 23.1. The van der Waals surface area contributed by atoms with Crippen molar-refractivity contribution in [3.05, 3.63) is 24.0 Å². The third kappa shape index (κ3) is 6.17. The van der Waals surface area contributed by atoms with Crippen molar-refractivity contribution in [1.82, 2.24) is 0 Å². The number of amides is 1. The minimum absolute atomic E-state index is 0.200. The monoisotopic (exact) mass is 270 g/mol. The molecule has 0 atom stereocenters. The summed E-state index contributed by atoms with van der Waals surface area (Å²) in [4.78, 5) is 11.6. The van der Waals surface area contributed by atoms with E-state index in [4.69, 9.17) is 15.2 Å². The van der Waals surface area contributed by atoms with Crippen LogP contribution in [-0.2, 0) is 14.3 Å². The van der Waals surface area contributed by atoms with Crippen LogP contribution in [0.3, 0.4) is 0 Å². The molecule has 6 heteroatoms. The number of carbonyl (C=O) groups is 1. The number of rotatable bonds is 8. The zero-order valence-electron chi connectivity index (χ0n) is 10.9. The first-order chi connectivity index (χ1) is 9.13. The van der Waals surface area contributed by atoms with Crippen molar-refractivity contribution < 1.29 is 18.7 Å². The molecule has 0 saturated heterocycles. The minimum atomic E-state index is -0.435. The van der Waals surface area contributed by atoms with Crippen LogP contribution in [0.25, 0.3) is 0 Å². The van der Waals surface area contributed by atoms with Gasteiger partial charge in [-0.05, 0) is 25.1 Å². The summed E-state index contributed by atoms with van der Waals surface area (Å²) in [6.07, 6.45) is 0.211. The molecule has 3 N–H and O–H groups in total. The Labute approximate surface area is 111 Å². The number of ether oxygens (including phenoxy) is 2. The fourth-order valence-electron chi connectivity index (χ4n) is 1.39. The van der Waals surface area contributed by atoms with E-state index in [1.54, 1.807) is 0 Å². The molecule has 0 aliphatic heterocycles. The zero-order valence-corrected chi connectivity index (χ0v) is 10.9. The Hall–Kier alpha value is -1.66.